The molecule has 0 saturated carbocycles. The molecule has 1 aliphatic rings. The number of aliphatic hydroxyl groups excluding tert-OH is 2. The summed E-state index contributed by atoms with van der Waals surface area (Å²) >= 11 is 1.33. The molecule has 1 aromatic heterocycles. The predicted octanol–water partition coefficient (Wildman–Crippen LogP) is 3.50. The van der Waals surface area contributed by atoms with Crippen LogP contribution in [-0.2, 0) is 4.74 Å². The molecule has 7 heteroatoms. The van der Waals surface area contributed by atoms with E-state index in [0.717, 1.165) is 22.1 Å². The summed E-state index contributed by atoms with van der Waals surface area (Å²) in [6.07, 6.45) is -2.38. The minimum atomic E-state index is -1.22. The van der Waals surface area contributed by atoms with Crippen molar-refractivity contribution in [1.29, 1.82) is 0 Å². The van der Waals surface area contributed by atoms with Crippen LogP contribution in [0.2, 0.25) is 0 Å². The Hall–Kier alpha value is -1.54. The average Bonchev–Trinajstić information content (AvgIpc) is 2.70. The number of thioether (sulfide) groups is 1. The molecule has 0 bridgehead atoms. The lowest BCUT2D eigenvalue weighted by atomic mass is 9.90. The van der Waals surface area contributed by atoms with Gasteiger partial charge in [-0.2, -0.15) is 0 Å². The Bertz CT molecular complexity index is 1020. The van der Waals surface area contributed by atoms with Crippen LogP contribution in [0.5, 0.6) is 5.75 Å². The Morgan fingerprint density at radius 2 is 1.97 bits per heavy atom. The molecule has 5 atom stereocenters. The monoisotopic (exact) mass is 423 g/mol. The zero-order valence-corrected chi connectivity index (χ0v) is 18.7. The molecule has 3 rings (SSSR count). The molecule has 0 aliphatic carbocycles. The van der Waals surface area contributed by atoms with Crippen molar-refractivity contribution in [3.63, 3.8) is 0 Å². The Kier molecular flexibility index (Phi) is 5.68. The van der Waals surface area contributed by atoms with E-state index in [1.807, 2.05) is 34.6 Å². The van der Waals surface area contributed by atoms with Gasteiger partial charge in [0.15, 0.2) is 5.44 Å². The second-order valence-electron chi connectivity index (χ2n) is 8.17. The number of aliphatic hydroxyl groups is 2. The molecule has 0 spiro atoms. The van der Waals surface area contributed by atoms with Gasteiger partial charge in [-0.3, -0.25) is 0 Å². The Morgan fingerprint density at radius 1 is 1.31 bits per heavy atom. The highest BCUT2D eigenvalue weighted by Gasteiger charge is 2.52. The highest BCUT2D eigenvalue weighted by Crippen LogP contribution is 2.43. The fourth-order valence-electron chi connectivity index (χ4n) is 3.76. The SMILES string of the molecule is [2H]c1c(O[C@@H]2SC(C)[C@@](C)(OC)[C@H](O)[C@H]2O)c(C)c(C)c2c(C(C)C)cc(=O)oc12. The minimum absolute atomic E-state index is 0.0391. The molecule has 0 radical (unpaired) electrons. The molecule has 2 aromatic rings. The van der Waals surface area contributed by atoms with Crippen molar-refractivity contribution in [2.75, 3.05) is 7.11 Å². The first-order chi connectivity index (χ1) is 13.9. The lowest BCUT2D eigenvalue weighted by Gasteiger charge is -2.47. The van der Waals surface area contributed by atoms with Gasteiger partial charge < -0.3 is 24.1 Å². The van der Waals surface area contributed by atoms with Crippen molar-refractivity contribution in [2.45, 2.75) is 76.0 Å². The second-order valence-corrected chi connectivity index (χ2v) is 9.62. The van der Waals surface area contributed by atoms with Crippen molar-refractivity contribution in [2.24, 2.45) is 0 Å². The average molecular weight is 424 g/mol. The second kappa shape index (κ2) is 7.95. The summed E-state index contributed by atoms with van der Waals surface area (Å²) in [5.41, 5.74) is 0.344. The van der Waals surface area contributed by atoms with Gasteiger partial charge in [0.05, 0.1) is 1.37 Å². The maximum Gasteiger partial charge on any atom is 0.336 e. The Balaban J connectivity index is 2.11. The maximum absolute atomic E-state index is 12.1. The van der Waals surface area contributed by atoms with Crippen LogP contribution in [0.15, 0.2) is 21.3 Å². The van der Waals surface area contributed by atoms with E-state index in [1.165, 1.54) is 24.9 Å². The number of aryl methyl sites for hydroxylation is 1. The smallest absolute Gasteiger partial charge is 0.336 e. The summed E-state index contributed by atoms with van der Waals surface area (Å²) in [4.78, 5) is 12.1. The molecule has 0 amide bonds. The number of fused-ring (bicyclic) bond motifs is 1. The van der Waals surface area contributed by atoms with Gasteiger partial charge in [-0.05, 0) is 43.4 Å². The maximum atomic E-state index is 12.1. The van der Waals surface area contributed by atoms with Crippen LogP contribution >= 0.6 is 11.8 Å². The van der Waals surface area contributed by atoms with Gasteiger partial charge in [0.25, 0.3) is 0 Å². The summed E-state index contributed by atoms with van der Waals surface area (Å²) in [5, 5.41) is 21.9. The zero-order valence-electron chi connectivity index (χ0n) is 18.9. The molecular formula is C22H30O6S. The van der Waals surface area contributed by atoms with E-state index in [9.17, 15) is 15.0 Å². The molecule has 1 fully saturated rings. The summed E-state index contributed by atoms with van der Waals surface area (Å²) in [5.74, 6) is 0.320. The van der Waals surface area contributed by atoms with Crippen LogP contribution < -0.4 is 10.4 Å². The fraction of sp³-hybridized carbons (Fsp3) is 0.591. The Morgan fingerprint density at radius 3 is 2.55 bits per heavy atom. The van der Waals surface area contributed by atoms with Crippen molar-refractivity contribution in [3.05, 3.63) is 39.2 Å². The van der Waals surface area contributed by atoms with Gasteiger partial charge in [-0.15, -0.1) is 11.8 Å². The number of hydrogen-bond acceptors (Lipinski definition) is 7. The van der Waals surface area contributed by atoms with Gasteiger partial charge in [-0.1, -0.05) is 20.8 Å². The normalized spacial score (nSPS) is 30.6. The van der Waals surface area contributed by atoms with E-state index in [4.69, 9.17) is 15.3 Å². The molecule has 2 heterocycles. The number of benzene rings is 1. The predicted molar refractivity (Wildman–Crippen MR) is 115 cm³/mol. The largest absolute Gasteiger partial charge is 0.477 e. The van der Waals surface area contributed by atoms with Crippen LogP contribution in [0, 0.1) is 13.8 Å². The van der Waals surface area contributed by atoms with Crippen molar-refractivity contribution < 1.29 is 25.5 Å². The quantitative estimate of drug-likeness (QED) is 0.728. The van der Waals surface area contributed by atoms with Gasteiger partial charge in [0.2, 0.25) is 0 Å². The third-order valence-corrected chi connectivity index (χ3v) is 7.65. The standard InChI is InChI=1S/C22H30O6S/c1-10(2)14-8-17(23)27-16-9-15(11(3)12(4)18(14)16)28-21-19(24)20(25)22(6,26-7)13(5)29-21/h8-10,13,19-21,24-25H,1-7H3/t13?,19-,20-,21-,22-/m1/s1/i9D. The van der Waals surface area contributed by atoms with Crippen LogP contribution in [0.25, 0.3) is 11.0 Å². The number of methoxy groups -OCH3 is 1. The van der Waals surface area contributed by atoms with Gasteiger partial charge in [0.1, 0.15) is 29.1 Å². The van der Waals surface area contributed by atoms with E-state index in [0.29, 0.717) is 0 Å². The van der Waals surface area contributed by atoms with E-state index in [1.54, 1.807) is 6.92 Å². The van der Waals surface area contributed by atoms with Crippen LogP contribution in [0.4, 0.5) is 0 Å². The van der Waals surface area contributed by atoms with E-state index in [-0.39, 0.29) is 28.5 Å². The number of hydrogen-bond donors (Lipinski definition) is 2. The Labute approximate surface area is 176 Å². The van der Waals surface area contributed by atoms with Crippen molar-refractivity contribution >= 4 is 22.7 Å². The third-order valence-electron chi connectivity index (χ3n) is 6.13. The van der Waals surface area contributed by atoms with E-state index >= 15 is 0 Å². The topological polar surface area (TPSA) is 89.1 Å². The third kappa shape index (κ3) is 3.69. The van der Waals surface area contributed by atoms with Gasteiger partial charge in [-0.25, -0.2) is 4.79 Å². The van der Waals surface area contributed by atoms with Gasteiger partial charge >= 0.3 is 5.63 Å². The molecule has 6 nitrogen and oxygen atoms in total. The summed E-state index contributed by atoms with van der Waals surface area (Å²) < 4.78 is 25.6. The highest BCUT2D eigenvalue weighted by atomic mass is 32.2. The molecule has 1 unspecified atom stereocenters. The molecular weight excluding hydrogens is 392 g/mol. The molecule has 29 heavy (non-hydrogen) atoms. The summed E-state index contributed by atoms with van der Waals surface area (Å²) in [7, 11) is 1.50. The molecule has 1 saturated heterocycles. The highest BCUT2D eigenvalue weighted by molar-refractivity contribution is 8.00. The first-order valence-electron chi connectivity index (χ1n) is 10.2. The zero-order chi connectivity index (χ0) is 22.5. The fourth-order valence-corrected chi connectivity index (χ4v) is 5.13. The van der Waals surface area contributed by atoms with Crippen molar-refractivity contribution in [3.8, 4) is 5.75 Å². The summed E-state index contributed by atoms with van der Waals surface area (Å²) in [6.45, 7) is 11.4. The van der Waals surface area contributed by atoms with E-state index < -0.39 is 28.9 Å². The lowest BCUT2D eigenvalue weighted by Crippen LogP contribution is -2.61. The van der Waals surface area contributed by atoms with Crippen molar-refractivity contribution in [1.82, 2.24) is 0 Å². The summed E-state index contributed by atoms with van der Waals surface area (Å²) in [6, 6.07) is 1.44. The molecule has 1 aromatic carbocycles. The number of ether oxygens (including phenoxy) is 2. The first kappa shape index (κ1) is 20.7. The molecule has 160 valence electrons. The minimum Gasteiger partial charge on any atom is -0.477 e. The first-order valence-corrected chi connectivity index (χ1v) is 10.7. The van der Waals surface area contributed by atoms with Crippen LogP contribution in [0.1, 0.15) is 51.7 Å². The van der Waals surface area contributed by atoms with Gasteiger partial charge in [0, 0.05) is 29.9 Å². The molecule has 2 N–H and O–H groups in total. The number of rotatable bonds is 4. The van der Waals surface area contributed by atoms with E-state index in [2.05, 4.69) is 0 Å². The van der Waals surface area contributed by atoms with Crippen LogP contribution in [-0.4, -0.2) is 45.8 Å². The van der Waals surface area contributed by atoms with Crippen LogP contribution in [0.3, 0.4) is 0 Å². The lowest BCUT2D eigenvalue weighted by molar-refractivity contribution is -0.150. The molecule has 1 aliphatic heterocycles.